The van der Waals surface area contributed by atoms with Gasteiger partial charge in [0, 0.05) is 10.6 Å². The fourth-order valence-electron chi connectivity index (χ4n) is 2.91. The molecule has 0 saturated carbocycles. The monoisotopic (exact) mass is 408 g/mol. The zero-order chi connectivity index (χ0) is 20.6. The van der Waals surface area contributed by atoms with Crippen LogP contribution >= 0.6 is 11.8 Å². The minimum Gasteiger partial charge on any atom is -0.482 e. The summed E-state index contributed by atoms with van der Waals surface area (Å²) in [4.78, 5) is 11.7. The second kappa shape index (κ2) is 9.94. The van der Waals surface area contributed by atoms with Crippen molar-refractivity contribution in [3.05, 3.63) is 101 Å². The summed E-state index contributed by atoms with van der Waals surface area (Å²) < 4.78 is 19.0. The lowest BCUT2D eigenvalue weighted by molar-refractivity contribution is -0.139. The normalized spacial score (nSPS) is 11.3. The second-order valence-corrected chi connectivity index (χ2v) is 7.48. The van der Waals surface area contributed by atoms with Gasteiger partial charge in [-0.05, 0) is 59.5 Å². The van der Waals surface area contributed by atoms with Crippen LogP contribution in [0.15, 0.2) is 83.8 Å². The van der Waals surface area contributed by atoms with Gasteiger partial charge in [0.15, 0.2) is 6.61 Å². The first-order chi connectivity index (χ1) is 14.0. The number of carbonyl (C=O) groups is 1. The summed E-state index contributed by atoms with van der Waals surface area (Å²) in [6, 6.07) is 22.1. The van der Waals surface area contributed by atoms with Gasteiger partial charge in [-0.3, -0.25) is 0 Å². The fourth-order valence-corrected chi connectivity index (χ4v) is 3.79. The Kier molecular flexibility index (Phi) is 7.09. The summed E-state index contributed by atoms with van der Waals surface area (Å²) in [6.45, 7) is 1.60. The lowest BCUT2D eigenvalue weighted by Crippen LogP contribution is -2.09. The number of carboxylic acids is 1. The van der Waals surface area contributed by atoms with E-state index in [0.717, 1.165) is 27.2 Å². The standard InChI is InChI=1S/C24H21FO3S/c1-17-14-21(28-16-24(26)27)10-11-23(17)29-13-12-22(18-6-3-2-4-7-18)19-8-5-9-20(25)15-19/h2-12,14-15H,13,16H2,1H3,(H,26,27). The highest BCUT2D eigenvalue weighted by Crippen LogP contribution is 2.29. The number of hydrogen-bond acceptors (Lipinski definition) is 3. The minimum absolute atomic E-state index is 0.259. The van der Waals surface area contributed by atoms with Crippen LogP contribution in [0.3, 0.4) is 0 Å². The molecule has 148 valence electrons. The molecule has 0 bridgehead atoms. The van der Waals surface area contributed by atoms with Gasteiger partial charge in [-0.15, -0.1) is 11.8 Å². The maximum Gasteiger partial charge on any atom is 0.341 e. The van der Waals surface area contributed by atoms with E-state index in [9.17, 15) is 9.18 Å². The average Bonchev–Trinajstić information content (AvgIpc) is 2.71. The predicted molar refractivity (Wildman–Crippen MR) is 115 cm³/mol. The Balaban J connectivity index is 1.77. The molecule has 3 rings (SSSR count). The van der Waals surface area contributed by atoms with Crippen molar-refractivity contribution in [3.63, 3.8) is 0 Å². The van der Waals surface area contributed by atoms with E-state index in [0.29, 0.717) is 11.5 Å². The van der Waals surface area contributed by atoms with Crippen molar-refractivity contribution in [2.45, 2.75) is 11.8 Å². The molecule has 0 aliphatic carbocycles. The zero-order valence-electron chi connectivity index (χ0n) is 16.0. The van der Waals surface area contributed by atoms with Gasteiger partial charge in [-0.2, -0.15) is 0 Å². The maximum absolute atomic E-state index is 13.8. The van der Waals surface area contributed by atoms with E-state index >= 15 is 0 Å². The number of carboxylic acid groups (broad SMARTS) is 1. The molecule has 0 heterocycles. The third-order valence-electron chi connectivity index (χ3n) is 4.26. The van der Waals surface area contributed by atoms with E-state index in [2.05, 4.69) is 6.08 Å². The van der Waals surface area contributed by atoms with Gasteiger partial charge in [-0.25, -0.2) is 9.18 Å². The molecule has 0 atom stereocenters. The van der Waals surface area contributed by atoms with Crippen molar-refractivity contribution in [1.82, 2.24) is 0 Å². The molecule has 29 heavy (non-hydrogen) atoms. The minimum atomic E-state index is -1.00. The lowest BCUT2D eigenvalue weighted by atomic mass is 9.98. The van der Waals surface area contributed by atoms with Crippen LogP contribution in [0.4, 0.5) is 4.39 Å². The van der Waals surface area contributed by atoms with Crippen LogP contribution in [-0.4, -0.2) is 23.4 Å². The topological polar surface area (TPSA) is 46.5 Å². The molecule has 0 aromatic heterocycles. The van der Waals surface area contributed by atoms with Crippen molar-refractivity contribution >= 4 is 23.3 Å². The first-order valence-corrected chi connectivity index (χ1v) is 10.1. The first kappa shape index (κ1) is 20.7. The SMILES string of the molecule is Cc1cc(OCC(=O)O)ccc1SCC=C(c1ccccc1)c1cccc(F)c1. The Morgan fingerprint density at radius 2 is 1.79 bits per heavy atom. The van der Waals surface area contributed by atoms with E-state index in [1.54, 1.807) is 30.0 Å². The quantitative estimate of drug-likeness (QED) is 0.477. The summed E-state index contributed by atoms with van der Waals surface area (Å²) in [6.07, 6.45) is 2.10. The molecule has 0 aliphatic heterocycles. The van der Waals surface area contributed by atoms with Gasteiger partial charge in [0.05, 0.1) is 0 Å². The fraction of sp³-hybridized carbons (Fsp3) is 0.125. The Morgan fingerprint density at radius 1 is 1.03 bits per heavy atom. The van der Waals surface area contributed by atoms with Gasteiger partial charge in [0.1, 0.15) is 11.6 Å². The molecule has 5 heteroatoms. The van der Waals surface area contributed by atoms with Crippen LogP contribution in [0.1, 0.15) is 16.7 Å². The molecule has 3 aromatic carbocycles. The number of rotatable bonds is 8. The molecule has 0 spiro atoms. The summed E-state index contributed by atoms with van der Waals surface area (Å²) in [5.41, 5.74) is 3.87. The number of ether oxygens (including phenoxy) is 1. The maximum atomic E-state index is 13.8. The summed E-state index contributed by atoms with van der Waals surface area (Å²) in [7, 11) is 0. The van der Waals surface area contributed by atoms with Gasteiger partial charge in [0.25, 0.3) is 0 Å². The highest BCUT2D eigenvalue weighted by Gasteiger charge is 2.07. The molecule has 0 saturated heterocycles. The predicted octanol–water partition coefficient (Wildman–Crippen LogP) is 5.82. The highest BCUT2D eigenvalue weighted by atomic mass is 32.2. The van der Waals surface area contributed by atoms with Crippen molar-refractivity contribution in [3.8, 4) is 5.75 Å². The molecule has 0 fully saturated rings. The molecule has 3 nitrogen and oxygen atoms in total. The smallest absolute Gasteiger partial charge is 0.341 e. The van der Waals surface area contributed by atoms with Crippen molar-refractivity contribution in [2.24, 2.45) is 0 Å². The van der Waals surface area contributed by atoms with Crippen LogP contribution in [0, 0.1) is 12.7 Å². The Morgan fingerprint density at radius 3 is 2.48 bits per heavy atom. The molecule has 3 aromatic rings. The van der Waals surface area contributed by atoms with E-state index in [4.69, 9.17) is 9.84 Å². The number of thioether (sulfide) groups is 1. The molecule has 1 N–H and O–H groups in total. The number of halogens is 1. The summed E-state index contributed by atoms with van der Waals surface area (Å²) in [5, 5.41) is 8.71. The molecule has 0 amide bonds. The Bertz CT molecular complexity index is 1020. The Hall–Kier alpha value is -3.05. The summed E-state index contributed by atoms with van der Waals surface area (Å²) in [5.74, 6) is -0.0203. The lowest BCUT2D eigenvalue weighted by Gasteiger charge is -2.11. The third kappa shape index (κ3) is 5.96. The third-order valence-corrected chi connectivity index (χ3v) is 5.36. The number of aliphatic carboxylic acids is 1. The van der Waals surface area contributed by atoms with Crippen molar-refractivity contribution in [1.29, 1.82) is 0 Å². The Labute approximate surface area is 173 Å². The average molecular weight is 408 g/mol. The van der Waals surface area contributed by atoms with E-state index in [-0.39, 0.29) is 12.4 Å². The van der Waals surface area contributed by atoms with E-state index < -0.39 is 5.97 Å². The summed E-state index contributed by atoms with van der Waals surface area (Å²) >= 11 is 1.66. The van der Waals surface area contributed by atoms with Gasteiger partial charge >= 0.3 is 5.97 Å². The van der Waals surface area contributed by atoms with Gasteiger partial charge in [0.2, 0.25) is 0 Å². The van der Waals surface area contributed by atoms with Crippen LogP contribution in [0.25, 0.3) is 5.57 Å². The van der Waals surface area contributed by atoms with Crippen LogP contribution in [-0.2, 0) is 4.79 Å². The molecule has 0 unspecified atom stereocenters. The molecular weight excluding hydrogens is 387 g/mol. The van der Waals surface area contributed by atoms with E-state index in [1.165, 1.54) is 6.07 Å². The van der Waals surface area contributed by atoms with Gasteiger partial charge < -0.3 is 9.84 Å². The van der Waals surface area contributed by atoms with Gasteiger partial charge in [-0.1, -0.05) is 48.5 Å². The first-order valence-electron chi connectivity index (χ1n) is 9.12. The van der Waals surface area contributed by atoms with Crippen LogP contribution in [0.5, 0.6) is 5.75 Å². The number of benzene rings is 3. The zero-order valence-corrected chi connectivity index (χ0v) is 16.8. The number of aryl methyl sites for hydroxylation is 1. The molecular formula is C24H21FO3S. The highest BCUT2D eigenvalue weighted by molar-refractivity contribution is 7.99. The van der Waals surface area contributed by atoms with Crippen molar-refractivity contribution < 1.29 is 19.0 Å². The van der Waals surface area contributed by atoms with Crippen molar-refractivity contribution in [2.75, 3.05) is 12.4 Å². The largest absolute Gasteiger partial charge is 0.482 e. The molecule has 0 aliphatic rings. The molecule has 0 radical (unpaired) electrons. The number of hydrogen-bond donors (Lipinski definition) is 1. The second-order valence-electron chi connectivity index (χ2n) is 6.41. The van der Waals surface area contributed by atoms with E-state index in [1.807, 2.05) is 55.5 Å². The van der Waals surface area contributed by atoms with Crippen LogP contribution < -0.4 is 4.74 Å². The van der Waals surface area contributed by atoms with Crippen LogP contribution in [0.2, 0.25) is 0 Å².